The molecule has 1 aliphatic heterocycles. The fraction of sp³-hybridized carbons (Fsp3) is 0.471. The molecule has 22 heavy (non-hydrogen) atoms. The first-order valence-corrected chi connectivity index (χ1v) is 8.76. The van der Waals surface area contributed by atoms with Crippen LogP contribution in [0.1, 0.15) is 31.7 Å². The third-order valence-corrected chi connectivity index (χ3v) is 4.52. The smallest absolute Gasteiger partial charge is 0.292 e. The Morgan fingerprint density at radius 1 is 1.32 bits per heavy atom. The highest BCUT2D eigenvalue weighted by Gasteiger charge is 2.21. The topological polar surface area (TPSA) is 48.7 Å². The second-order valence-corrected chi connectivity index (χ2v) is 6.76. The average Bonchev–Trinajstić information content (AvgIpc) is 2.53. The van der Waals surface area contributed by atoms with E-state index in [9.17, 15) is 4.79 Å². The van der Waals surface area contributed by atoms with Crippen LogP contribution in [-0.4, -0.2) is 19.3 Å². The molecule has 0 atom stereocenters. The predicted octanol–water partition coefficient (Wildman–Crippen LogP) is 3.91. The van der Waals surface area contributed by atoms with Crippen molar-refractivity contribution in [2.24, 2.45) is 0 Å². The Labute approximate surface area is 142 Å². The number of benzene rings is 1. The van der Waals surface area contributed by atoms with Gasteiger partial charge in [-0.2, -0.15) is 0 Å². The molecule has 0 radical (unpaired) electrons. The number of rotatable bonds is 4. The maximum atomic E-state index is 12.8. The fourth-order valence-corrected chi connectivity index (χ4v) is 3.18. The van der Waals surface area contributed by atoms with E-state index in [4.69, 9.17) is 13.9 Å². The Kier molecular flexibility index (Phi) is 5.03. The molecule has 1 aromatic carbocycles. The van der Waals surface area contributed by atoms with Crippen molar-refractivity contribution >= 4 is 33.6 Å². The van der Waals surface area contributed by atoms with E-state index in [0.717, 1.165) is 22.8 Å². The summed E-state index contributed by atoms with van der Waals surface area (Å²) in [4.78, 5) is 12.8. The van der Waals surface area contributed by atoms with Crippen molar-refractivity contribution < 1.29 is 13.9 Å². The number of hydrogen-bond donors (Lipinski definition) is 0. The zero-order valence-electron chi connectivity index (χ0n) is 12.6. The van der Waals surface area contributed by atoms with Gasteiger partial charge in [-0.05, 0) is 47.2 Å². The van der Waals surface area contributed by atoms with Crippen molar-refractivity contribution in [2.75, 3.05) is 13.2 Å². The number of halogens is 1. The molecule has 1 aromatic heterocycles. The van der Waals surface area contributed by atoms with Crippen molar-refractivity contribution in [2.45, 2.75) is 38.7 Å². The molecule has 1 saturated heterocycles. The van der Waals surface area contributed by atoms with Crippen LogP contribution in [-0.2, 0) is 11.2 Å². The molecule has 118 valence electrons. The molecule has 0 saturated carbocycles. The molecule has 1 fully saturated rings. The highest BCUT2D eigenvalue weighted by molar-refractivity contribution is 14.1. The van der Waals surface area contributed by atoms with E-state index in [0.29, 0.717) is 42.1 Å². The SMILES string of the molecule is CCCc1c(OC2CCOCC2)oc2ccc(I)cc2c1=O. The predicted molar refractivity (Wildman–Crippen MR) is 93.7 cm³/mol. The molecular weight excluding hydrogens is 395 g/mol. The summed E-state index contributed by atoms with van der Waals surface area (Å²) in [7, 11) is 0. The van der Waals surface area contributed by atoms with Crippen LogP contribution in [0.5, 0.6) is 5.95 Å². The number of fused-ring (bicyclic) bond motifs is 1. The van der Waals surface area contributed by atoms with Gasteiger partial charge in [0.2, 0.25) is 0 Å². The van der Waals surface area contributed by atoms with Gasteiger partial charge in [-0.15, -0.1) is 0 Å². The van der Waals surface area contributed by atoms with Gasteiger partial charge in [0.05, 0.1) is 24.2 Å². The van der Waals surface area contributed by atoms with Crippen LogP contribution in [0.25, 0.3) is 11.0 Å². The molecule has 2 aromatic rings. The highest BCUT2D eigenvalue weighted by atomic mass is 127. The lowest BCUT2D eigenvalue weighted by atomic mass is 10.1. The van der Waals surface area contributed by atoms with Gasteiger partial charge in [0.25, 0.3) is 5.95 Å². The van der Waals surface area contributed by atoms with E-state index in [-0.39, 0.29) is 11.5 Å². The van der Waals surface area contributed by atoms with E-state index < -0.39 is 0 Å². The lowest BCUT2D eigenvalue weighted by molar-refractivity contribution is 0.0155. The summed E-state index contributed by atoms with van der Waals surface area (Å²) in [6, 6.07) is 5.65. The maximum absolute atomic E-state index is 12.8. The maximum Gasteiger partial charge on any atom is 0.292 e. The van der Waals surface area contributed by atoms with Gasteiger partial charge in [0.1, 0.15) is 11.7 Å². The van der Waals surface area contributed by atoms with Crippen LogP contribution in [0, 0.1) is 3.57 Å². The van der Waals surface area contributed by atoms with Gasteiger partial charge in [0.15, 0.2) is 5.43 Å². The van der Waals surface area contributed by atoms with Crippen LogP contribution in [0.3, 0.4) is 0 Å². The second-order valence-electron chi connectivity index (χ2n) is 5.52. The molecule has 3 rings (SSSR count). The van der Waals surface area contributed by atoms with Gasteiger partial charge in [-0.1, -0.05) is 13.3 Å². The zero-order chi connectivity index (χ0) is 15.5. The van der Waals surface area contributed by atoms with Crippen molar-refractivity contribution in [1.82, 2.24) is 0 Å². The molecule has 0 unspecified atom stereocenters. The van der Waals surface area contributed by atoms with Crippen molar-refractivity contribution in [3.8, 4) is 5.95 Å². The van der Waals surface area contributed by atoms with Crippen LogP contribution >= 0.6 is 22.6 Å². The Morgan fingerprint density at radius 2 is 2.09 bits per heavy atom. The summed E-state index contributed by atoms with van der Waals surface area (Å²) in [5.41, 5.74) is 1.28. The third kappa shape index (κ3) is 3.30. The lowest BCUT2D eigenvalue weighted by Crippen LogP contribution is -2.27. The van der Waals surface area contributed by atoms with E-state index >= 15 is 0 Å². The van der Waals surface area contributed by atoms with E-state index in [2.05, 4.69) is 29.5 Å². The van der Waals surface area contributed by atoms with Crippen LogP contribution in [0.4, 0.5) is 0 Å². The normalized spacial score (nSPS) is 16.1. The number of ether oxygens (including phenoxy) is 2. The summed E-state index contributed by atoms with van der Waals surface area (Å²) < 4.78 is 18.3. The summed E-state index contributed by atoms with van der Waals surface area (Å²) in [6.07, 6.45) is 3.28. The molecule has 0 spiro atoms. The summed E-state index contributed by atoms with van der Waals surface area (Å²) in [6.45, 7) is 3.45. The highest BCUT2D eigenvalue weighted by Crippen LogP contribution is 2.27. The van der Waals surface area contributed by atoms with E-state index in [1.165, 1.54) is 0 Å². The van der Waals surface area contributed by atoms with Gasteiger partial charge in [-0.3, -0.25) is 4.79 Å². The minimum Gasteiger partial charge on any atom is -0.461 e. The van der Waals surface area contributed by atoms with Crippen molar-refractivity contribution in [3.05, 3.63) is 37.6 Å². The largest absolute Gasteiger partial charge is 0.461 e. The van der Waals surface area contributed by atoms with Crippen molar-refractivity contribution in [3.63, 3.8) is 0 Å². The minimum absolute atomic E-state index is 0.0312. The molecule has 0 N–H and O–H groups in total. The van der Waals surface area contributed by atoms with Crippen molar-refractivity contribution in [1.29, 1.82) is 0 Å². The quantitative estimate of drug-likeness (QED) is 0.712. The minimum atomic E-state index is 0.0312. The van der Waals surface area contributed by atoms with Crippen LogP contribution in [0.15, 0.2) is 27.4 Å². The first-order valence-electron chi connectivity index (χ1n) is 7.68. The fourth-order valence-electron chi connectivity index (χ4n) is 2.69. The summed E-state index contributed by atoms with van der Waals surface area (Å²) >= 11 is 2.21. The van der Waals surface area contributed by atoms with Gasteiger partial charge in [0, 0.05) is 16.4 Å². The molecule has 0 aliphatic carbocycles. The lowest BCUT2D eigenvalue weighted by Gasteiger charge is -2.23. The Morgan fingerprint density at radius 3 is 2.82 bits per heavy atom. The monoisotopic (exact) mass is 414 g/mol. The molecule has 0 amide bonds. The summed E-state index contributed by atoms with van der Waals surface area (Å²) in [5.74, 6) is 0.396. The van der Waals surface area contributed by atoms with Crippen LogP contribution in [0.2, 0.25) is 0 Å². The van der Waals surface area contributed by atoms with Gasteiger partial charge < -0.3 is 13.9 Å². The van der Waals surface area contributed by atoms with E-state index in [1.54, 1.807) is 0 Å². The molecule has 4 nitrogen and oxygen atoms in total. The molecule has 1 aliphatic rings. The number of hydrogen-bond acceptors (Lipinski definition) is 4. The molecule has 5 heteroatoms. The first-order chi connectivity index (χ1) is 10.7. The molecule has 0 bridgehead atoms. The average molecular weight is 414 g/mol. The third-order valence-electron chi connectivity index (χ3n) is 3.85. The standard InChI is InChI=1S/C17H19IO4/c1-2-3-13-16(19)14-10-11(18)4-5-15(14)22-17(13)21-12-6-8-20-9-7-12/h4-5,10,12H,2-3,6-9H2,1H3. The molecular formula is C17H19IO4. The Hall–Kier alpha value is -1.08. The Balaban J connectivity index is 2.04. The van der Waals surface area contributed by atoms with Crippen LogP contribution < -0.4 is 10.2 Å². The second kappa shape index (κ2) is 7.00. The first kappa shape index (κ1) is 15.8. The van der Waals surface area contributed by atoms with E-state index in [1.807, 2.05) is 18.2 Å². The van der Waals surface area contributed by atoms with Gasteiger partial charge in [-0.25, -0.2) is 0 Å². The zero-order valence-corrected chi connectivity index (χ0v) is 14.7. The molecule has 2 heterocycles. The Bertz CT molecular complexity index is 716. The summed E-state index contributed by atoms with van der Waals surface area (Å²) in [5, 5.41) is 0.634. The van der Waals surface area contributed by atoms with Gasteiger partial charge >= 0.3 is 0 Å².